The number of hydrogen-bond donors (Lipinski definition) is 2. The maximum atomic E-state index is 12.5. The van der Waals surface area contributed by atoms with Gasteiger partial charge in [0.2, 0.25) is 5.91 Å². The summed E-state index contributed by atoms with van der Waals surface area (Å²) in [6.07, 6.45) is 0.325. The molecule has 2 rings (SSSR count). The van der Waals surface area contributed by atoms with Crippen LogP contribution in [0.15, 0.2) is 48.5 Å². The summed E-state index contributed by atoms with van der Waals surface area (Å²) in [6.45, 7) is 3.35. The van der Waals surface area contributed by atoms with Gasteiger partial charge in [0.05, 0.1) is 7.11 Å². The van der Waals surface area contributed by atoms with Gasteiger partial charge in [0.15, 0.2) is 0 Å². The first kappa shape index (κ1) is 19.2. The van der Waals surface area contributed by atoms with Crippen molar-refractivity contribution in [3.05, 3.63) is 65.2 Å². The highest BCUT2D eigenvalue weighted by Crippen LogP contribution is 2.12. The van der Waals surface area contributed by atoms with Crippen LogP contribution in [0.25, 0.3) is 0 Å². The van der Waals surface area contributed by atoms with Gasteiger partial charge in [0.1, 0.15) is 6.04 Å². The molecular formula is C20H22N2O4. The minimum atomic E-state index is -0.807. The van der Waals surface area contributed by atoms with Gasteiger partial charge in [-0.3, -0.25) is 9.59 Å². The summed E-state index contributed by atoms with van der Waals surface area (Å²) in [5, 5.41) is 5.33. The molecule has 6 nitrogen and oxygen atoms in total. The highest BCUT2D eigenvalue weighted by Gasteiger charge is 2.22. The fourth-order valence-electron chi connectivity index (χ4n) is 2.59. The summed E-state index contributed by atoms with van der Waals surface area (Å²) >= 11 is 0. The van der Waals surface area contributed by atoms with Gasteiger partial charge in [-0.15, -0.1) is 0 Å². The van der Waals surface area contributed by atoms with Gasteiger partial charge in [-0.1, -0.05) is 35.9 Å². The lowest BCUT2D eigenvalue weighted by Gasteiger charge is -2.17. The molecule has 0 saturated heterocycles. The van der Waals surface area contributed by atoms with Crippen LogP contribution in [0, 0.1) is 6.92 Å². The van der Waals surface area contributed by atoms with Crippen molar-refractivity contribution in [1.82, 2.24) is 5.32 Å². The van der Waals surface area contributed by atoms with E-state index in [0.717, 1.165) is 11.1 Å². The molecule has 0 fully saturated rings. The van der Waals surface area contributed by atoms with Crippen LogP contribution in [0.4, 0.5) is 5.69 Å². The van der Waals surface area contributed by atoms with E-state index in [1.165, 1.54) is 14.0 Å². The van der Waals surface area contributed by atoms with Crippen molar-refractivity contribution in [3.8, 4) is 0 Å². The Balaban J connectivity index is 2.16. The number of ether oxygens (including phenoxy) is 1. The van der Waals surface area contributed by atoms with Crippen molar-refractivity contribution in [2.24, 2.45) is 0 Å². The molecule has 1 atom stereocenters. The summed E-state index contributed by atoms with van der Waals surface area (Å²) in [5.41, 5.74) is 2.85. The molecule has 0 heterocycles. The maximum absolute atomic E-state index is 12.5. The van der Waals surface area contributed by atoms with Gasteiger partial charge in [-0.05, 0) is 30.7 Å². The molecule has 0 aliphatic carbocycles. The lowest BCUT2D eigenvalue weighted by atomic mass is 10.0. The summed E-state index contributed by atoms with van der Waals surface area (Å²) in [4.78, 5) is 35.8. The second-order valence-electron chi connectivity index (χ2n) is 6.00. The van der Waals surface area contributed by atoms with Gasteiger partial charge >= 0.3 is 5.97 Å². The summed E-state index contributed by atoms with van der Waals surface area (Å²) in [7, 11) is 1.29. The predicted octanol–water partition coefficient (Wildman–Crippen LogP) is 2.47. The van der Waals surface area contributed by atoms with Crippen LogP contribution in [0.5, 0.6) is 0 Å². The molecule has 0 bridgehead atoms. The number of aryl methyl sites for hydroxylation is 1. The Bertz CT molecular complexity index is 817. The molecule has 0 saturated carbocycles. The second kappa shape index (κ2) is 8.80. The minimum Gasteiger partial charge on any atom is -0.467 e. The Kier molecular flexibility index (Phi) is 6.49. The molecule has 0 aliphatic heterocycles. The first-order valence-corrected chi connectivity index (χ1v) is 8.21. The van der Waals surface area contributed by atoms with E-state index >= 15 is 0 Å². The maximum Gasteiger partial charge on any atom is 0.328 e. The zero-order chi connectivity index (χ0) is 19.1. The highest BCUT2D eigenvalue weighted by molar-refractivity contribution is 5.98. The number of nitrogens with one attached hydrogen (secondary N) is 2. The van der Waals surface area contributed by atoms with Crippen molar-refractivity contribution < 1.29 is 19.1 Å². The van der Waals surface area contributed by atoms with Crippen LogP contribution in [-0.2, 0) is 20.7 Å². The molecule has 6 heteroatoms. The van der Waals surface area contributed by atoms with E-state index < -0.39 is 17.9 Å². The van der Waals surface area contributed by atoms with Crippen molar-refractivity contribution >= 4 is 23.5 Å². The van der Waals surface area contributed by atoms with Crippen LogP contribution in [-0.4, -0.2) is 30.9 Å². The van der Waals surface area contributed by atoms with Gasteiger partial charge in [0, 0.05) is 24.6 Å². The lowest BCUT2D eigenvalue weighted by Crippen LogP contribution is -2.43. The minimum absolute atomic E-state index is 0.227. The van der Waals surface area contributed by atoms with Crippen molar-refractivity contribution in [3.63, 3.8) is 0 Å². The Morgan fingerprint density at radius 1 is 1.08 bits per heavy atom. The van der Waals surface area contributed by atoms with E-state index in [0.29, 0.717) is 17.7 Å². The number of rotatable bonds is 6. The quantitative estimate of drug-likeness (QED) is 0.781. The van der Waals surface area contributed by atoms with Crippen molar-refractivity contribution in [1.29, 1.82) is 0 Å². The number of carbonyl (C=O) groups excluding carboxylic acids is 3. The number of anilines is 1. The van der Waals surface area contributed by atoms with Crippen molar-refractivity contribution in [2.75, 3.05) is 12.4 Å². The second-order valence-corrected chi connectivity index (χ2v) is 6.00. The van der Waals surface area contributed by atoms with E-state index in [-0.39, 0.29) is 5.91 Å². The molecule has 0 aliphatic rings. The highest BCUT2D eigenvalue weighted by atomic mass is 16.5. The lowest BCUT2D eigenvalue weighted by molar-refractivity contribution is -0.142. The van der Waals surface area contributed by atoms with Gasteiger partial charge < -0.3 is 15.4 Å². The van der Waals surface area contributed by atoms with Crippen LogP contribution in [0.3, 0.4) is 0 Å². The first-order valence-electron chi connectivity index (χ1n) is 8.21. The van der Waals surface area contributed by atoms with Crippen LogP contribution >= 0.6 is 0 Å². The van der Waals surface area contributed by atoms with E-state index in [1.54, 1.807) is 24.3 Å². The zero-order valence-electron chi connectivity index (χ0n) is 15.0. The normalized spacial score (nSPS) is 11.3. The number of hydrogen-bond acceptors (Lipinski definition) is 4. The van der Waals surface area contributed by atoms with Gasteiger partial charge in [-0.25, -0.2) is 4.79 Å². The average Bonchev–Trinajstić information content (AvgIpc) is 2.60. The Morgan fingerprint density at radius 3 is 2.46 bits per heavy atom. The fraction of sp³-hybridized carbons (Fsp3) is 0.250. The third kappa shape index (κ3) is 5.44. The molecule has 136 valence electrons. The SMILES string of the molecule is COC(=O)[C@@H](Cc1cccc(C)c1)NC(=O)c1cccc(NC(C)=O)c1. The molecule has 0 spiro atoms. The Morgan fingerprint density at radius 2 is 1.81 bits per heavy atom. The van der Waals surface area contributed by atoms with E-state index in [2.05, 4.69) is 10.6 Å². The predicted molar refractivity (Wildman–Crippen MR) is 98.9 cm³/mol. The Labute approximate surface area is 152 Å². The molecule has 0 radical (unpaired) electrons. The third-order valence-corrected chi connectivity index (χ3v) is 3.76. The summed E-state index contributed by atoms with van der Waals surface area (Å²) in [5.74, 6) is -1.16. The topological polar surface area (TPSA) is 84.5 Å². The molecule has 2 aromatic rings. The largest absolute Gasteiger partial charge is 0.467 e. The monoisotopic (exact) mass is 354 g/mol. The molecular weight excluding hydrogens is 332 g/mol. The number of carbonyl (C=O) groups is 3. The van der Waals surface area contributed by atoms with Gasteiger partial charge in [-0.2, -0.15) is 0 Å². The number of esters is 1. The number of methoxy groups -OCH3 is 1. The number of benzene rings is 2. The van der Waals surface area contributed by atoms with E-state index in [1.807, 2.05) is 31.2 Å². The molecule has 0 unspecified atom stereocenters. The molecule has 2 N–H and O–H groups in total. The van der Waals surface area contributed by atoms with Crippen molar-refractivity contribution in [2.45, 2.75) is 26.3 Å². The molecule has 2 amide bonds. The first-order chi connectivity index (χ1) is 12.4. The van der Waals surface area contributed by atoms with E-state index in [4.69, 9.17) is 4.74 Å². The average molecular weight is 354 g/mol. The van der Waals surface area contributed by atoms with Crippen LogP contribution in [0.2, 0.25) is 0 Å². The zero-order valence-corrected chi connectivity index (χ0v) is 15.0. The molecule has 26 heavy (non-hydrogen) atoms. The standard InChI is InChI=1S/C20H22N2O4/c1-13-6-4-7-15(10-13)11-18(20(25)26-3)22-19(24)16-8-5-9-17(12-16)21-14(2)23/h4-10,12,18H,11H2,1-3H3,(H,21,23)(H,22,24)/t18-/m1/s1. The van der Waals surface area contributed by atoms with Gasteiger partial charge in [0.25, 0.3) is 5.91 Å². The van der Waals surface area contributed by atoms with E-state index in [9.17, 15) is 14.4 Å². The summed E-state index contributed by atoms with van der Waals surface area (Å²) < 4.78 is 4.82. The summed E-state index contributed by atoms with van der Waals surface area (Å²) in [6, 6.07) is 13.4. The number of amides is 2. The third-order valence-electron chi connectivity index (χ3n) is 3.76. The van der Waals surface area contributed by atoms with Crippen LogP contribution < -0.4 is 10.6 Å². The molecule has 0 aromatic heterocycles. The fourth-order valence-corrected chi connectivity index (χ4v) is 2.59. The Hall–Kier alpha value is -3.15. The smallest absolute Gasteiger partial charge is 0.328 e. The molecule has 2 aromatic carbocycles. The van der Waals surface area contributed by atoms with Crippen LogP contribution in [0.1, 0.15) is 28.4 Å².